The molecule has 0 fully saturated rings. The predicted octanol–water partition coefficient (Wildman–Crippen LogP) is 1.95. The van der Waals surface area contributed by atoms with Crippen LogP contribution in [0.4, 0.5) is 0 Å². The van der Waals surface area contributed by atoms with E-state index in [0.29, 0.717) is 6.04 Å². The summed E-state index contributed by atoms with van der Waals surface area (Å²) in [7, 11) is 0. The van der Waals surface area contributed by atoms with Gasteiger partial charge in [-0.2, -0.15) is 0 Å². The lowest BCUT2D eigenvalue weighted by Crippen LogP contribution is -2.21. The van der Waals surface area contributed by atoms with Crippen LogP contribution in [0.25, 0.3) is 0 Å². The number of rotatable bonds is 3. The molecule has 11 heavy (non-hydrogen) atoms. The largest absolute Gasteiger partial charge is 0.310 e. The van der Waals surface area contributed by atoms with Crippen LogP contribution < -0.4 is 5.32 Å². The van der Waals surface area contributed by atoms with Gasteiger partial charge in [0, 0.05) is 17.5 Å². The van der Waals surface area contributed by atoms with Crippen molar-refractivity contribution in [3.05, 3.63) is 16.1 Å². The third kappa shape index (κ3) is 2.60. The summed E-state index contributed by atoms with van der Waals surface area (Å²) in [6.07, 6.45) is 0. The van der Waals surface area contributed by atoms with Gasteiger partial charge in [0.05, 0.1) is 11.2 Å². The van der Waals surface area contributed by atoms with Crippen LogP contribution in [0.15, 0.2) is 5.51 Å². The van der Waals surface area contributed by atoms with Crippen LogP contribution >= 0.6 is 11.3 Å². The average molecular weight is 170 g/mol. The number of hydrogen-bond acceptors (Lipinski definition) is 3. The van der Waals surface area contributed by atoms with Crippen LogP contribution in [0.1, 0.15) is 24.4 Å². The van der Waals surface area contributed by atoms with Crippen molar-refractivity contribution in [3.63, 3.8) is 0 Å². The van der Waals surface area contributed by atoms with E-state index in [1.165, 1.54) is 4.88 Å². The van der Waals surface area contributed by atoms with Gasteiger partial charge in [-0.3, -0.25) is 0 Å². The summed E-state index contributed by atoms with van der Waals surface area (Å²) < 4.78 is 0. The zero-order valence-corrected chi connectivity index (χ0v) is 8.03. The lowest BCUT2D eigenvalue weighted by atomic mass is 10.3. The summed E-state index contributed by atoms with van der Waals surface area (Å²) in [6, 6.07) is 0.552. The lowest BCUT2D eigenvalue weighted by Gasteiger charge is -2.05. The average Bonchev–Trinajstić information content (AvgIpc) is 2.31. The maximum atomic E-state index is 4.17. The Morgan fingerprint density at radius 3 is 2.82 bits per heavy atom. The molecule has 0 unspecified atom stereocenters. The van der Waals surface area contributed by atoms with Crippen LogP contribution in [-0.4, -0.2) is 11.0 Å². The van der Waals surface area contributed by atoms with Gasteiger partial charge in [-0.15, -0.1) is 11.3 Å². The minimum atomic E-state index is 0.552. The zero-order valence-electron chi connectivity index (χ0n) is 7.22. The monoisotopic (exact) mass is 170 g/mol. The Balaban J connectivity index is 2.44. The fourth-order valence-electron chi connectivity index (χ4n) is 0.793. The summed E-state index contributed by atoms with van der Waals surface area (Å²) in [5, 5.41) is 3.36. The van der Waals surface area contributed by atoms with E-state index in [-0.39, 0.29) is 0 Å². The van der Waals surface area contributed by atoms with Crippen molar-refractivity contribution in [1.82, 2.24) is 10.3 Å². The highest BCUT2D eigenvalue weighted by atomic mass is 32.1. The number of aromatic nitrogens is 1. The zero-order chi connectivity index (χ0) is 8.27. The second-order valence-electron chi connectivity index (χ2n) is 2.90. The molecule has 0 aliphatic carbocycles. The van der Waals surface area contributed by atoms with E-state index in [4.69, 9.17) is 0 Å². The predicted molar refractivity (Wildman–Crippen MR) is 48.8 cm³/mol. The third-order valence-electron chi connectivity index (χ3n) is 1.52. The van der Waals surface area contributed by atoms with Gasteiger partial charge in [-0.25, -0.2) is 4.98 Å². The molecule has 1 aromatic heterocycles. The molecule has 1 rings (SSSR count). The molecule has 0 radical (unpaired) electrons. The Bertz CT molecular complexity index is 218. The lowest BCUT2D eigenvalue weighted by molar-refractivity contribution is 0.591. The number of thiazole rings is 1. The van der Waals surface area contributed by atoms with Crippen molar-refractivity contribution in [2.24, 2.45) is 0 Å². The normalized spacial score (nSPS) is 10.9. The quantitative estimate of drug-likeness (QED) is 0.750. The molecule has 1 aromatic rings. The van der Waals surface area contributed by atoms with Crippen LogP contribution in [0.2, 0.25) is 0 Å². The molecular weight excluding hydrogens is 156 g/mol. The first-order chi connectivity index (χ1) is 5.20. The van der Waals surface area contributed by atoms with Gasteiger partial charge in [0.1, 0.15) is 0 Å². The Kier molecular flexibility index (Phi) is 3.02. The Labute approximate surface area is 71.7 Å². The molecule has 0 aromatic carbocycles. The van der Waals surface area contributed by atoms with Gasteiger partial charge in [0.15, 0.2) is 0 Å². The van der Waals surface area contributed by atoms with Crippen LogP contribution in [0.5, 0.6) is 0 Å². The molecule has 0 atom stereocenters. The summed E-state index contributed by atoms with van der Waals surface area (Å²) in [5.41, 5.74) is 3.05. The minimum Gasteiger partial charge on any atom is -0.310 e. The smallest absolute Gasteiger partial charge is 0.0798 e. The van der Waals surface area contributed by atoms with Crippen molar-refractivity contribution < 1.29 is 0 Å². The molecule has 0 aliphatic heterocycles. The Hall–Kier alpha value is -0.410. The maximum Gasteiger partial charge on any atom is 0.0798 e. The van der Waals surface area contributed by atoms with E-state index in [1.54, 1.807) is 11.3 Å². The first-order valence-electron chi connectivity index (χ1n) is 3.82. The maximum absolute atomic E-state index is 4.17. The van der Waals surface area contributed by atoms with Gasteiger partial charge >= 0.3 is 0 Å². The minimum absolute atomic E-state index is 0.552. The highest BCUT2D eigenvalue weighted by molar-refractivity contribution is 7.09. The van der Waals surface area contributed by atoms with E-state index < -0.39 is 0 Å². The number of hydrogen-bond donors (Lipinski definition) is 1. The fourth-order valence-corrected chi connectivity index (χ4v) is 1.52. The van der Waals surface area contributed by atoms with Gasteiger partial charge in [-0.1, -0.05) is 13.8 Å². The van der Waals surface area contributed by atoms with Crippen molar-refractivity contribution in [1.29, 1.82) is 0 Å². The number of aryl methyl sites for hydroxylation is 1. The van der Waals surface area contributed by atoms with Crippen LogP contribution in [0.3, 0.4) is 0 Å². The fraction of sp³-hybridized carbons (Fsp3) is 0.625. The van der Waals surface area contributed by atoms with E-state index in [0.717, 1.165) is 12.2 Å². The van der Waals surface area contributed by atoms with Crippen molar-refractivity contribution in [2.75, 3.05) is 0 Å². The summed E-state index contributed by atoms with van der Waals surface area (Å²) in [6.45, 7) is 7.30. The summed E-state index contributed by atoms with van der Waals surface area (Å²) in [4.78, 5) is 5.52. The van der Waals surface area contributed by atoms with Crippen molar-refractivity contribution in [2.45, 2.75) is 33.4 Å². The Morgan fingerprint density at radius 1 is 1.64 bits per heavy atom. The van der Waals surface area contributed by atoms with Crippen molar-refractivity contribution >= 4 is 11.3 Å². The molecule has 62 valence electrons. The second kappa shape index (κ2) is 3.83. The molecular formula is C8H14N2S. The first kappa shape index (κ1) is 8.68. The van der Waals surface area contributed by atoms with E-state index >= 15 is 0 Å². The van der Waals surface area contributed by atoms with E-state index in [1.807, 2.05) is 12.4 Å². The molecule has 2 nitrogen and oxygen atoms in total. The van der Waals surface area contributed by atoms with Gasteiger partial charge in [0.2, 0.25) is 0 Å². The molecule has 0 spiro atoms. The molecule has 3 heteroatoms. The van der Waals surface area contributed by atoms with Crippen molar-refractivity contribution in [3.8, 4) is 0 Å². The second-order valence-corrected chi connectivity index (χ2v) is 3.84. The molecule has 0 saturated carbocycles. The van der Waals surface area contributed by atoms with Crippen LogP contribution in [0, 0.1) is 6.92 Å². The van der Waals surface area contributed by atoms with E-state index in [2.05, 4.69) is 24.1 Å². The SMILES string of the molecule is Cc1ncsc1CNC(C)C. The molecule has 1 heterocycles. The van der Waals surface area contributed by atoms with Gasteiger partial charge in [-0.05, 0) is 6.92 Å². The Morgan fingerprint density at radius 2 is 2.36 bits per heavy atom. The topological polar surface area (TPSA) is 24.9 Å². The summed E-state index contributed by atoms with van der Waals surface area (Å²) >= 11 is 1.72. The first-order valence-corrected chi connectivity index (χ1v) is 4.70. The standard InChI is InChI=1S/C8H14N2S/c1-6(2)9-4-8-7(3)10-5-11-8/h5-6,9H,4H2,1-3H3. The molecule has 1 N–H and O–H groups in total. The van der Waals surface area contributed by atoms with Gasteiger partial charge in [0.25, 0.3) is 0 Å². The third-order valence-corrected chi connectivity index (χ3v) is 2.45. The highest BCUT2D eigenvalue weighted by Crippen LogP contribution is 2.11. The molecule has 0 saturated heterocycles. The van der Waals surface area contributed by atoms with Crippen LogP contribution in [-0.2, 0) is 6.54 Å². The van der Waals surface area contributed by atoms with Gasteiger partial charge < -0.3 is 5.32 Å². The molecule has 0 amide bonds. The molecule has 0 aliphatic rings. The van der Waals surface area contributed by atoms with E-state index in [9.17, 15) is 0 Å². The highest BCUT2D eigenvalue weighted by Gasteiger charge is 2.00. The molecule has 0 bridgehead atoms. The number of nitrogens with zero attached hydrogens (tertiary/aromatic N) is 1. The summed E-state index contributed by atoms with van der Waals surface area (Å²) in [5.74, 6) is 0. The number of nitrogens with one attached hydrogen (secondary N) is 1.